The van der Waals surface area contributed by atoms with E-state index in [1.807, 2.05) is 65.5 Å². The number of rotatable bonds is 4. The molecule has 1 aromatic heterocycles. The molecule has 0 spiro atoms. The molecule has 0 atom stereocenters. The van der Waals surface area contributed by atoms with E-state index in [9.17, 15) is 4.79 Å². The summed E-state index contributed by atoms with van der Waals surface area (Å²) in [5.74, 6) is -0.169. The molecule has 5 nitrogen and oxygen atoms in total. The van der Waals surface area contributed by atoms with Crippen LogP contribution in [0.2, 0.25) is 0 Å². The monoisotopic (exact) mass is 407 g/mol. The first kappa shape index (κ1) is 16.5. The molecule has 0 bridgehead atoms. The number of hydrogen-bond donors (Lipinski definition) is 0. The summed E-state index contributed by atoms with van der Waals surface area (Å²) in [7, 11) is 0. The average molecular weight is 408 g/mol. The lowest BCUT2D eigenvalue weighted by Crippen LogP contribution is -2.05. The quantitative estimate of drug-likeness (QED) is 0.484. The first-order valence-corrected chi connectivity index (χ1v) is 8.82. The highest BCUT2D eigenvalue weighted by Crippen LogP contribution is 2.23. The topological polar surface area (TPSA) is 56.5 Å². The predicted molar refractivity (Wildman–Crippen MR) is 103 cm³/mol. The Hall–Kier alpha value is -2.99. The molecule has 2 heterocycles. The van der Waals surface area contributed by atoms with Crippen LogP contribution < -0.4 is 0 Å². The van der Waals surface area contributed by atoms with Crippen LogP contribution in [0, 0.1) is 0 Å². The maximum Gasteiger partial charge on any atom is 0.363 e. The smallest absolute Gasteiger partial charge is 0.363 e. The van der Waals surface area contributed by atoms with Gasteiger partial charge in [0.05, 0.1) is 18.3 Å². The first-order chi connectivity index (χ1) is 12.7. The summed E-state index contributed by atoms with van der Waals surface area (Å²) in [5.41, 5.74) is 2.95. The van der Waals surface area contributed by atoms with Crippen LogP contribution in [0.4, 0.5) is 0 Å². The van der Waals surface area contributed by atoms with Crippen molar-refractivity contribution in [3.63, 3.8) is 0 Å². The van der Waals surface area contributed by atoms with Crippen molar-refractivity contribution < 1.29 is 9.53 Å². The fraction of sp³-hybridized carbons (Fsp3) is 0.0500. The number of hydrogen-bond acceptors (Lipinski definition) is 4. The van der Waals surface area contributed by atoms with Gasteiger partial charge < -0.3 is 4.74 Å². The highest BCUT2D eigenvalue weighted by atomic mass is 79.9. The van der Waals surface area contributed by atoms with E-state index in [2.05, 4.69) is 26.0 Å². The Kier molecular flexibility index (Phi) is 4.50. The number of carbonyl (C=O) groups is 1. The van der Waals surface area contributed by atoms with Crippen molar-refractivity contribution in [1.82, 2.24) is 9.78 Å². The van der Waals surface area contributed by atoms with E-state index in [-0.39, 0.29) is 5.70 Å². The van der Waals surface area contributed by atoms with Crippen molar-refractivity contribution >= 4 is 33.9 Å². The number of nitrogens with zero attached hydrogens (tertiary/aromatic N) is 3. The minimum Gasteiger partial charge on any atom is -0.402 e. The van der Waals surface area contributed by atoms with E-state index >= 15 is 0 Å². The van der Waals surface area contributed by atoms with Gasteiger partial charge >= 0.3 is 5.97 Å². The lowest BCUT2D eigenvalue weighted by Gasteiger charge is -2.01. The van der Waals surface area contributed by atoms with Gasteiger partial charge in [-0.3, -0.25) is 4.68 Å². The Morgan fingerprint density at radius 2 is 1.85 bits per heavy atom. The van der Waals surface area contributed by atoms with E-state index in [1.54, 1.807) is 12.3 Å². The van der Waals surface area contributed by atoms with Crippen LogP contribution in [0.15, 0.2) is 82.2 Å². The molecule has 1 aliphatic heterocycles. The zero-order valence-corrected chi connectivity index (χ0v) is 15.3. The average Bonchev–Trinajstić information content (AvgIpc) is 3.23. The van der Waals surface area contributed by atoms with Gasteiger partial charge in [-0.25, -0.2) is 9.79 Å². The van der Waals surface area contributed by atoms with Crippen molar-refractivity contribution in [1.29, 1.82) is 0 Å². The maximum absolute atomic E-state index is 12.1. The SMILES string of the molecule is O=C1OC(c2ccccc2Br)=N/C1=C/c1cnn(Cc2ccccc2)c1. The Morgan fingerprint density at radius 1 is 1.08 bits per heavy atom. The second-order valence-electron chi connectivity index (χ2n) is 5.77. The molecular weight excluding hydrogens is 394 g/mol. The minimum atomic E-state index is -0.466. The van der Waals surface area contributed by atoms with Crippen molar-refractivity contribution in [2.45, 2.75) is 6.54 Å². The van der Waals surface area contributed by atoms with Crippen LogP contribution >= 0.6 is 15.9 Å². The molecule has 128 valence electrons. The Bertz CT molecular complexity index is 1020. The standard InChI is InChI=1S/C20H14BrN3O2/c21-17-9-5-4-8-16(17)19-23-18(20(25)26-19)10-15-11-22-24(13-15)12-14-6-2-1-3-7-14/h1-11,13H,12H2/b18-10+. The van der Waals surface area contributed by atoms with E-state index in [1.165, 1.54) is 0 Å². The number of benzene rings is 2. The van der Waals surface area contributed by atoms with Crippen LogP contribution in [0.5, 0.6) is 0 Å². The van der Waals surface area contributed by atoms with E-state index in [4.69, 9.17) is 4.74 Å². The molecule has 0 N–H and O–H groups in total. The summed E-state index contributed by atoms with van der Waals surface area (Å²) in [6.45, 7) is 0.667. The van der Waals surface area contributed by atoms with Gasteiger partial charge in [0.25, 0.3) is 0 Å². The number of aromatic nitrogens is 2. The molecule has 26 heavy (non-hydrogen) atoms. The van der Waals surface area contributed by atoms with Crippen molar-refractivity contribution in [3.05, 3.63) is 93.9 Å². The third kappa shape index (κ3) is 3.50. The number of cyclic esters (lactones) is 1. The van der Waals surface area contributed by atoms with Crippen LogP contribution in [0.25, 0.3) is 6.08 Å². The Balaban J connectivity index is 1.57. The molecule has 0 radical (unpaired) electrons. The molecule has 6 heteroatoms. The van der Waals surface area contributed by atoms with Crippen LogP contribution in [-0.4, -0.2) is 21.6 Å². The van der Waals surface area contributed by atoms with Crippen molar-refractivity contribution in [2.75, 3.05) is 0 Å². The summed E-state index contributed by atoms with van der Waals surface area (Å²) < 4.78 is 7.94. The first-order valence-electron chi connectivity index (χ1n) is 8.03. The van der Waals surface area contributed by atoms with E-state index in [0.717, 1.165) is 21.2 Å². The summed E-state index contributed by atoms with van der Waals surface area (Å²) >= 11 is 3.44. The summed E-state index contributed by atoms with van der Waals surface area (Å²) in [6, 6.07) is 17.5. The number of aliphatic imine (C=N–C) groups is 1. The lowest BCUT2D eigenvalue weighted by atomic mass is 10.2. The van der Waals surface area contributed by atoms with Crippen molar-refractivity contribution in [2.24, 2.45) is 4.99 Å². The molecule has 0 amide bonds. The minimum absolute atomic E-state index is 0.259. The third-order valence-corrected chi connectivity index (χ3v) is 4.56. The van der Waals surface area contributed by atoms with Crippen LogP contribution in [0.3, 0.4) is 0 Å². The molecule has 0 fully saturated rings. The summed E-state index contributed by atoms with van der Waals surface area (Å²) in [5, 5.41) is 4.33. The second kappa shape index (κ2) is 7.09. The second-order valence-corrected chi connectivity index (χ2v) is 6.63. The zero-order chi connectivity index (χ0) is 17.9. The molecule has 1 aliphatic rings. The van der Waals surface area contributed by atoms with Gasteiger partial charge in [-0.2, -0.15) is 5.10 Å². The molecule has 3 aromatic rings. The molecular formula is C20H14BrN3O2. The number of halogens is 1. The predicted octanol–water partition coefficient (Wildman–Crippen LogP) is 4.04. The molecule has 0 unspecified atom stereocenters. The molecule has 2 aromatic carbocycles. The fourth-order valence-corrected chi connectivity index (χ4v) is 3.08. The van der Waals surface area contributed by atoms with E-state index in [0.29, 0.717) is 12.4 Å². The van der Waals surface area contributed by atoms with Gasteiger partial charge in [0, 0.05) is 16.2 Å². The van der Waals surface area contributed by atoms with Gasteiger partial charge in [0.2, 0.25) is 5.90 Å². The fourth-order valence-electron chi connectivity index (χ4n) is 2.63. The van der Waals surface area contributed by atoms with Crippen LogP contribution in [0.1, 0.15) is 16.7 Å². The van der Waals surface area contributed by atoms with Gasteiger partial charge in [-0.15, -0.1) is 0 Å². The number of ether oxygens (including phenoxy) is 1. The van der Waals surface area contributed by atoms with Gasteiger partial charge in [-0.1, -0.05) is 42.5 Å². The van der Waals surface area contributed by atoms with Gasteiger partial charge in [0.15, 0.2) is 5.70 Å². The highest BCUT2D eigenvalue weighted by Gasteiger charge is 2.25. The third-order valence-electron chi connectivity index (χ3n) is 3.87. The molecule has 0 saturated heterocycles. The number of carbonyl (C=O) groups excluding carboxylic acids is 1. The van der Waals surface area contributed by atoms with Crippen molar-refractivity contribution in [3.8, 4) is 0 Å². The number of esters is 1. The lowest BCUT2D eigenvalue weighted by molar-refractivity contribution is -0.129. The zero-order valence-electron chi connectivity index (χ0n) is 13.7. The highest BCUT2D eigenvalue weighted by molar-refractivity contribution is 9.10. The summed E-state index contributed by atoms with van der Waals surface area (Å²) in [6.07, 6.45) is 5.26. The maximum atomic E-state index is 12.1. The normalized spacial score (nSPS) is 15.2. The summed E-state index contributed by atoms with van der Waals surface area (Å²) in [4.78, 5) is 16.5. The van der Waals surface area contributed by atoms with E-state index < -0.39 is 5.97 Å². The van der Waals surface area contributed by atoms with Gasteiger partial charge in [0.1, 0.15) is 0 Å². The largest absolute Gasteiger partial charge is 0.402 e. The molecule has 0 aliphatic carbocycles. The van der Waals surface area contributed by atoms with Gasteiger partial charge in [-0.05, 0) is 39.7 Å². The molecule has 0 saturated carbocycles. The Labute approximate surface area is 158 Å². The molecule has 4 rings (SSSR count). The van der Waals surface area contributed by atoms with Crippen LogP contribution in [-0.2, 0) is 16.1 Å². The Morgan fingerprint density at radius 3 is 2.65 bits per heavy atom.